The maximum atomic E-state index is 12.1. The SMILES string of the molecule is CCOP(=O)(CC)CCC1C=CC(O)C1. The molecule has 0 aliphatic heterocycles. The monoisotopic (exact) mass is 232 g/mol. The van der Waals surface area contributed by atoms with Gasteiger partial charge in [-0.05, 0) is 25.7 Å². The molecule has 0 heterocycles. The molecule has 0 amide bonds. The quantitative estimate of drug-likeness (QED) is 0.565. The lowest BCUT2D eigenvalue weighted by atomic mass is 10.1. The zero-order valence-corrected chi connectivity index (χ0v) is 10.5. The van der Waals surface area contributed by atoms with E-state index in [0.717, 1.165) is 12.8 Å². The van der Waals surface area contributed by atoms with Crippen molar-refractivity contribution in [1.29, 1.82) is 0 Å². The third-order valence-corrected chi connectivity index (χ3v) is 5.47. The van der Waals surface area contributed by atoms with Crippen molar-refractivity contribution in [2.45, 2.75) is 32.8 Å². The van der Waals surface area contributed by atoms with Gasteiger partial charge in [-0.1, -0.05) is 19.1 Å². The summed E-state index contributed by atoms with van der Waals surface area (Å²) in [5, 5.41) is 9.30. The molecule has 88 valence electrons. The standard InChI is InChI=1S/C11H21O3P/c1-3-14-15(13,4-2)8-7-10-5-6-11(12)9-10/h5-6,10-12H,3-4,7-9H2,1-2H3. The third-order valence-electron chi connectivity index (χ3n) is 2.84. The molecule has 3 unspecified atom stereocenters. The summed E-state index contributed by atoms with van der Waals surface area (Å²) < 4.78 is 17.4. The minimum Gasteiger partial charge on any atom is -0.389 e. The lowest BCUT2D eigenvalue weighted by Gasteiger charge is -2.17. The fourth-order valence-electron chi connectivity index (χ4n) is 1.88. The van der Waals surface area contributed by atoms with E-state index in [9.17, 15) is 9.67 Å². The van der Waals surface area contributed by atoms with Gasteiger partial charge < -0.3 is 9.63 Å². The average molecular weight is 232 g/mol. The summed E-state index contributed by atoms with van der Waals surface area (Å²) in [6.07, 6.45) is 6.43. The summed E-state index contributed by atoms with van der Waals surface area (Å²) >= 11 is 0. The van der Waals surface area contributed by atoms with Gasteiger partial charge in [0.15, 0.2) is 0 Å². The van der Waals surface area contributed by atoms with Crippen LogP contribution in [0, 0.1) is 5.92 Å². The van der Waals surface area contributed by atoms with E-state index in [0.29, 0.717) is 24.8 Å². The zero-order chi connectivity index (χ0) is 11.3. The number of hydrogen-bond acceptors (Lipinski definition) is 3. The van der Waals surface area contributed by atoms with E-state index >= 15 is 0 Å². The molecule has 1 aliphatic carbocycles. The summed E-state index contributed by atoms with van der Waals surface area (Å²) in [6, 6.07) is 0. The third kappa shape index (κ3) is 4.10. The largest absolute Gasteiger partial charge is 0.389 e. The van der Waals surface area contributed by atoms with Crippen LogP contribution in [0.4, 0.5) is 0 Å². The number of allylic oxidation sites excluding steroid dienone is 1. The number of aliphatic hydroxyl groups excluding tert-OH is 1. The Hall–Kier alpha value is -0.110. The molecule has 0 bridgehead atoms. The van der Waals surface area contributed by atoms with Crippen LogP contribution in [0.1, 0.15) is 26.7 Å². The van der Waals surface area contributed by atoms with E-state index in [4.69, 9.17) is 4.52 Å². The Kier molecular flexibility index (Phi) is 5.04. The van der Waals surface area contributed by atoms with E-state index in [1.54, 1.807) is 0 Å². The van der Waals surface area contributed by atoms with Crippen molar-refractivity contribution in [3.63, 3.8) is 0 Å². The highest BCUT2D eigenvalue weighted by molar-refractivity contribution is 7.58. The van der Waals surface area contributed by atoms with Crippen LogP contribution >= 0.6 is 7.37 Å². The molecule has 0 spiro atoms. The fourth-order valence-corrected chi connectivity index (χ4v) is 3.70. The first-order valence-corrected chi connectivity index (χ1v) is 7.68. The van der Waals surface area contributed by atoms with Gasteiger partial charge in [-0.15, -0.1) is 0 Å². The van der Waals surface area contributed by atoms with Crippen molar-refractivity contribution in [3.05, 3.63) is 12.2 Å². The van der Waals surface area contributed by atoms with Crippen molar-refractivity contribution in [1.82, 2.24) is 0 Å². The normalized spacial score (nSPS) is 29.3. The summed E-state index contributed by atoms with van der Waals surface area (Å²) in [7, 11) is -2.39. The molecule has 0 aromatic rings. The Morgan fingerprint density at radius 1 is 1.47 bits per heavy atom. The first-order valence-electron chi connectivity index (χ1n) is 5.68. The molecule has 0 radical (unpaired) electrons. The molecule has 1 aliphatic rings. The molecule has 3 nitrogen and oxygen atoms in total. The number of aliphatic hydroxyl groups is 1. The van der Waals surface area contributed by atoms with Gasteiger partial charge in [0, 0.05) is 12.3 Å². The zero-order valence-electron chi connectivity index (χ0n) is 9.56. The van der Waals surface area contributed by atoms with Gasteiger partial charge in [-0.3, -0.25) is 4.57 Å². The first kappa shape index (κ1) is 13.0. The van der Waals surface area contributed by atoms with Gasteiger partial charge in [-0.25, -0.2) is 0 Å². The van der Waals surface area contributed by atoms with E-state index < -0.39 is 7.37 Å². The van der Waals surface area contributed by atoms with Crippen LogP contribution in [0.3, 0.4) is 0 Å². The Labute approximate surface area is 92.0 Å². The van der Waals surface area contributed by atoms with Crippen molar-refractivity contribution in [2.24, 2.45) is 5.92 Å². The lowest BCUT2D eigenvalue weighted by molar-refractivity contribution is 0.209. The van der Waals surface area contributed by atoms with Gasteiger partial charge in [0.25, 0.3) is 0 Å². The number of hydrogen-bond donors (Lipinski definition) is 1. The van der Waals surface area contributed by atoms with Crippen LogP contribution in [-0.2, 0) is 9.09 Å². The van der Waals surface area contributed by atoms with E-state index in [1.807, 2.05) is 26.0 Å². The predicted molar refractivity (Wildman–Crippen MR) is 62.5 cm³/mol. The van der Waals surface area contributed by atoms with Crippen LogP contribution in [0.15, 0.2) is 12.2 Å². The molecular formula is C11H21O3P. The average Bonchev–Trinajstić information content (AvgIpc) is 2.62. The first-order chi connectivity index (χ1) is 7.09. The highest BCUT2D eigenvalue weighted by Gasteiger charge is 2.23. The minimum absolute atomic E-state index is 0.303. The van der Waals surface area contributed by atoms with Crippen LogP contribution in [0.5, 0.6) is 0 Å². The summed E-state index contributed by atoms with van der Waals surface area (Å²) in [5.74, 6) is 0.375. The molecule has 4 heteroatoms. The van der Waals surface area contributed by atoms with Gasteiger partial charge in [0.2, 0.25) is 7.37 Å². The predicted octanol–water partition coefficient (Wildman–Crippen LogP) is 2.65. The Morgan fingerprint density at radius 3 is 2.67 bits per heavy atom. The Morgan fingerprint density at radius 2 is 2.20 bits per heavy atom. The second-order valence-corrected chi connectivity index (χ2v) is 6.98. The molecule has 0 aromatic carbocycles. The Balaban J connectivity index is 2.35. The highest BCUT2D eigenvalue weighted by Crippen LogP contribution is 2.47. The number of rotatable bonds is 6. The van der Waals surface area contributed by atoms with Crippen molar-refractivity contribution >= 4 is 7.37 Å². The second-order valence-electron chi connectivity index (χ2n) is 4.01. The maximum Gasteiger partial charge on any atom is 0.202 e. The topological polar surface area (TPSA) is 46.5 Å². The summed E-state index contributed by atoms with van der Waals surface area (Å²) in [5.41, 5.74) is 0. The molecule has 0 saturated heterocycles. The van der Waals surface area contributed by atoms with Crippen LogP contribution in [-0.4, -0.2) is 30.1 Å². The molecule has 0 saturated carbocycles. The van der Waals surface area contributed by atoms with Crippen molar-refractivity contribution < 1.29 is 14.2 Å². The van der Waals surface area contributed by atoms with E-state index in [-0.39, 0.29) is 6.10 Å². The minimum atomic E-state index is -2.39. The molecule has 1 rings (SSSR count). The van der Waals surface area contributed by atoms with Gasteiger partial charge in [-0.2, -0.15) is 0 Å². The van der Waals surface area contributed by atoms with E-state index in [2.05, 4.69) is 0 Å². The van der Waals surface area contributed by atoms with Gasteiger partial charge in [0.1, 0.15) is 0 Å². The maximum absolute atomic E-state index is 12.1. The summed E-state index contributed by atoms with van der Waals surface area (Å²) in [6.45, 7) is 4.31. The second kappa shape index (κ2) is 5.83. The smallest absolute Gasteiger partial charge is 0.202 e. The molecule has 0 fully saturated rings. The molecule has 1 N–H and O–H groups in total. The van der Waals surface area contributed by atoms with Crippen LogP contribution < -0.4 is 0 Å². The van der Waals surface area contributed by atoms with Crippen LogP contribution in [0.25, 0.3) is 0 Å². The van der Waals surface area contributed by atoms with Gasteiger partial charge >= 0.3 is 0 Å². The van der Waals surface area contributed by atoms with Gasteiger partial charge in [0.05, 0.1) is 12.7 Å². The summed E-state index contributed by atoms with van der Waals surface area (Å²) in [4.78, 5) is 0. The Bertz CT molecular complexity index is 263. The molecule has 3 atom stereocenters. The van der Waals surface area contributed by atoms with Crippen LogP contribution in [0.2, 0.25) is 0 Å². The molecule has 15 heavy (non-hydrogen) atoms. The molecule has 0 aromatic heterocycles. The lowest BCUT2D eigenvalue weighted by Crippen LogP contribution is -2.06. The van der Waals surface area contributed by atoms with E-state index in [1.165, 1.54) is 0 Å². The highest BCUT2D eigenvalue weighted by atomic mass is 31.2. The van der Waals surface area contributed by atoms with Crippen molar-refractivity contribution in [2.75, 3.05) is 18.9 Å². The fraction of sp³-hybridized carbons (Fsp3) is 0.818. The molecular weight excluding hydrogens is 211 g/mol. The van der Waals surface area contributed by atoms with Crippen molar-refractivity contribution in [3.8, 4) is 0 Å².